The number of benzene rings is 2. The van der Waals surface area contributed by atoms with E-state index in [1.165, 1.54) is 6.07 Å². The third-order valence-electron chi connectivity index (χ3n) is 3.07. The van der Waals surface area contributed by atoms with Crippen LogP contribution >= 0.6 is 0 Å². The van der Waals surface area contributed by atoms with Crippen molar-refractivity contribution in [1.82, 2.24) is 0 Å². The van der Waals surface area contributed by atoms with Gasteiger partial charge in [0, 0.05) is 11.4 Å². The molecule has 2 aromatic rings. The molecule has 0 spiro atoms. The maximum absolute atomic E-state index is 13.7. The van der Waals surface area contributed by atoms with Gasteiger partial charge in [-0.05, 0) is 41.8 Å². The lowest BCUT2D eigenvalue weighted by Gasteiger charge is -2.11. The van der Waals surface area contributed by atoms with Crippen molar-refractivity contribution in [2.45, 2.75) is 24.7 Å². The minimum atomic E-state index is -4.00. The van der Waals surface area contributed by atoms with Crippen molar-refractivity contribution in [3.8, 4) is 0 Å². The third kappa shape index (κ3) is 3.52. The Labute approximate surface area is 123 Å². The number of hydrogen-bond acceptors (Lipinski definition) is 3. The molecule has 3 N–H and O–H groups in total. The number of hydrogen-bond donors (Lipinski definition) is 2. The number of nitrogens with two attached hydrogens (primary N) is 1. The highest BCUT2D eigenvalue weighted by Gasteiger charge is 2.19. The zero-order valence-electron chi connectivity index (χ0n) is 11.8. The largest absolute Gasteiger partial charge is 0.399 e. The Bertz CT molecular complexity index is 741. The van der Waals surface area contributed by atoms with E-state index in [-0.39, 0.29) is 5.69 Å². The second-order valence-corrected chi connectivity index (χ2v) is 6.72. The van der Waals surface area contributed by atoms with Gasteiger partial charge in [0.05, 0.1) is 0 Å². The molecule has 2 rings (SSSR count). The van der Waals surface area contributed by atoms with Crippen molar-refractivity contribution in [2.75, 3.05) is 10.5 Å². The van der Waals surface area contributed by atoms with Crippen molar-refractivity contribution in [3.05, 3.63) is 53.8 Å². The lowest BCUT2D eigenvalue weighted by atomic mass is 10.0. The Kier molecular flexibility index (Phi) is 4.18. The summed E-state index contributed by atoms with van der Waals surface area (Å²) in [5.74, 6) is -0.488. The van der Waals surface area contributed by atoms with Crippen LogP contribution < -0.4 is 10.5 Å². The third-order valence-corrected chi connectivity index (χ3v) is 4.47. The average Bonchev–Trinajstić information content (AvgIpc) is 2.41. The predicted octanol–water partition coefficient (Wildman–Crippen LogP) is 3.33. The molecule has 6 heteroatoms. The summed E-state index contributed by atoms with van der Waals surface area (Å²) in [6.07, 6.45) is 0. The molecular weight excluding hydrogens is 291 g/mol. The molecule has 0 aliphatic carbocycles. The topological polar surface area (TPSA) is 72.2 Å². The van der Waals surface area contributed by atoms with E-state index >= 15 is 0 Å². The molecule has 0 atom stereocenters. The van der Waals surface area contributed by atoms with E-state index in [0.29, 0.717) is 11.6 Å². The average molecular weight is 308 g/mol. The zero-order valence-corrected chi connectivity index (χ0v) is 12.6. The molecule has 0 aliphatic rings. The molecular formula is C15H17FN2O2S. The van der Waals surface area contributed by atoms with Gasteiger partial charge < -0.3 is 5.73 Å². The minimum Gasteiger partial charge on any atom is -0.399 e. The first-order valence-electron chi connectivity index (χ1n) is 6.47. The Morgan fingerprint density at radius 3 is 2.29 bits per heavy atom. The van der Waals surface area contributed by atoms with Gasteiger partial charge >= 0.3 is 0 Å². The van der Waals surface area contributed by atoms with Gasteiger partial charge in [-0.25, -0.2) is 12.8 Å². The molecule has 0 radical (unpaired) electrons. The van der Waals surface area contributed by atoms with Crippen LogP contribution in [0.2, 0.25) is 0 Å². The van der Waals surface area contributed by atoms with E-state index < -0.39 is 20.7 Å². The van der Waals surface area contributed by atoms with Gasteiger partial charge in [0.2, 0.25) is 0 Å². The van der Waals surface area contributed by atoms with Crippen LogP contribution in [-0.2, 0) is 10.0 Å². The highest BCUT2D eigenvalue weighted by molar-refractivity contribution is 7.92. The molecule has 0 bridgehead atoms. The standard InChI is InChI=1S/C15H17FN2O2S/c1-10(2)11-3-6-13(7-4-11)18-21(19,20)15-9-12(17)5-8-14(15)16/h3-10,18H,17H2,1-2H3. The normalized spacial score (nSPS) is 11.6. The fourth-order valence-electron chi connectivity index (χ4n) is 1.87. The molecule has 0 saturated heterocycles. The van der Waals surface area contributed by atoms with E-state index in [1.807, 2.05) is 26.0 Å². The fraction of sp³-hybridized carbons (Fsp3) is 0.200. The summed E-state index contributed by atoms with van der Waals surface area (Å²) in [5.41, 5.74) is 7.17. The molecule has 0 heterocycles. The van der Waals surface area contributed by atoms with Crippen molar-refractivity contribution in [1.29, 1.82) is 0 Å². The van der Waals surface area contributed by atoms with E-state index in [1.54, 1.807) is 12.1 Å². The zero-order chi connectivity index (χ0) is 15.6. The molecule has 2 aromatic carbocycles. The molecule has 0 saturated carbocycles. The summed E-state index contributed by atoms with van der Waals surface area (Å²) in [6.45, 7) is 4.09. The van der Waals surface area contributed by atoms with Crippen LogP contribution in [0.4, 0.5) is 15.8 Å². The van der Waals surface area contributed by atoms with Gasteiger partial charge in [-0.3, -0.25) is 4.72 Å². The van der Waals surface area contributed by atoms with Crippen LogP contribution in [0.3, 0.4) is 0 Å². The van der Waals surface area contributed by atoms with Crippen LogP contribution in [0.15, 0.2) is 47.4 Å². The molecule has 21 heavy (non-hydrogen) atoms. The molecule has 0 unspecified atom stereocenters. The Morgan fingerprint density at radius 1 is 1.10 bits per heavy atom. The van der Waals surface area contributed by atoms with E-state index in [4.69, 9.17) is 5.73 Å². The van der Waals surface area contributed by atoms with Gasteiger partial charge in [0.1, 0.15) is 10.7 Å². The molecule has 0 aromatic heterocycles. The van der Waals surface area contributed by atoms with Crippen molar-refractivity contribution in [3.63, 3.8) is 0 Å². The second kappa shape index (κ2) is 5.73. The Morgan fingerprint density at radius 2 is 1.71 bits per heavy atom. The van der Waals surface area contributed by atoms with Gasteiger partial charge in [-0.15, -0.1) is 0 Å². The summed E-state index contributed by atoms with van der Waals surface area (Å²) in [4.78, 5) is -0.463. The van der Waals surface area contributed by atoms with E-state index in [2.05, 4.69) is 4.72 Å². The number of rotatable bonds is 4. The Hall–Kier alpha value is -2.08. The molecule has 0 aliphatic heterocycles. The molecule has 0 amide bonds. The summed E-state index contributed by atoms with van der Waals surface area (Å²) in [6, 6.07) is 10.4. The van der Waals surface area contributed by atoms with Gasteiger partial charge in [0.15, 0.2) is 0 Å². The monoisotopic (exact) mass is 308 g/mol. The molecule has 4 nitrogen and oxygen atoms in total. The van der Waals surface area contributed by atoms with Gasteiger partial charge in [0.25, 0.3) is 10.0 Å². The first-order valence-corrected chi connectivity index (χ1v) is 7.96. The van der Waals surface area contributed by atoms with E-state index in [9.17, 15) is 12.8 Å². The smallest absolute Gasteiger partial charge is 0.264 e. The number of nitrogen functional groups attached to an aromatic ring is 1. The summed E-state index contributed by atoms with van der Waals surface area (Å²) < 4.78 is 40.4. The van der Waals surface area contributed by atoms with E-state index in [0.717, 1.165) is 17.7 Å². The maximum Gasteiger partial charge on any atom is 0.264 e. The van der Waals surface area contributed by atoms with Gasteiger partial charge in [-0.2, -0.15) is 0 Å². The number of nitrogens with one attached hydrogen (secondary N) is 1. The van der Waals surface area contributed by atoms with Crippen LogP contribution in [0.1, 0.15) is 25.3 Å². The SMILES string of the molecule is CC(C)c1ccc(NS(=O)(=O)c2cc(N)ccc2F)cc1. The van der Waals surface area contributed by atoms with Crippen molar-refractivity contribution >= 4 is 21.4 Å². The highest BCUT2D eigenvalue weighted by atomic mass is 32.2. The first kappa shape index (κ1) is 15.3. The molecule has 0 fully saturated rings. The molecule has 112 valence electrons. The minimum absolute atomic E-state index is 0.187. The summed E-state index contributed by atoms with van der Waals surface area (Å²) >= 11 is 0. The van der Waals surface area contributed by atoms with Crippen LogP contribution in [0.5, 0.6) is 0 Å². The number of anilines is 2. The van der Waals surface area contributed by atoms with Crippen LogP contribution in [0.25, 0.3) is 0 Å². The number of halogens is 1. The fourth-order valence-corrected chi connectivity index (χ4v) is 3.04. The lowest BCUT2D eigenvalue weighted by molar-refractivity contribution is 0.570. The predicted molar refractivity (Wildman–Crippen MR) is 82.2 cm³/mol. The Balaban J connectivity index is 2.31. The summed E-state index contributed by atoms with van der Waals surface area (Å²) in [7, 11) is -4.00. The lowest BCUT2D eigenvalue weighted by Crippen LogP contribution is -2.15. The van der Waals surface area contributed by atoms with Crippen molar-refractivity contribution in [2.24, 2.45) is 0 Å². The second-order valence-electron chi connectivity index (χ2n) is 5.07. The quantitative estimate of drug-likeness (QED) is 0.851. The van der Waals surface area contributed by atoms with Gasteiger partial charge in [-0.1, -0.05) is 26.0 Å². The number of sulfonamides is 1. The van der Waals surface area contributed by atoms with Crippen LogP contribution in [0, 0.1) is 5.82 Å². The highest BCUT2D eigenvalue weighted by Crippen LogP contribution is 2.22. The first-order chi connectivity index (χ1) is 9.79. The van der Waals surface area contributed by atoms with Crippen LogP contribution in [-0.4, -0.2) is 8.42 Å². The maximum atomic E-state index is 13.7. The van der Waals surface area contributed by atoms with Crippen molar-refractivity contribution < 1.29 is 12.8 Å². The summed E-state index contributed by atoms with van der Waals surface area (Å²) in [5, 5.41) is 0.